The summed E-state index contributed by atoms with van der Waals surface area (Å²) in [6.07, 6.45) is 3.18. The molecule has 4 aromatic rings. The fraction of sp³-hybridized carbons (Fsp3) is 0.174. The first-order valence-corrected chi connectivity index (χ1v) is 11.6. The smallest absolute Gasteiger partial charge is 0.240 e. The molecule has 0 radical (unpaired) electrons. The number of sulfonamides is 1. The molecule has 0 amide bonds. The van der Waals surface area contributed by atoms with Crippen LogP contribution in [0.25, 0.3) is 16.9 Å². The Morgan fingerprint density at radius 3 is 2.28 bits per heavy atom. The average molecular weight is 449 g/mol. The normalized spacial score (nSPS) is 11.4. The lowest BCUT2D eigenvalue weighted by molar-refractivity contribution is 0.583. The maximum Gasteiger partial charge on any atom is 0.240 e. The van der Waals surface area contributed by atoms with Crippen molar-refractivity contribution < 1.29 is 8.42 Å². The Morgan fingerprint density at radius 2 is 1.59 bits per heavy atom. The summed E-state index contributed by atoms with van der Waals surface area (Å²) in [6, 6.07) is 18.5. The summed E-state index contributed by atoms with van der Waals surface area (Å²) in [5, 5.41) is 3.12. The number of aromatic nitrogens is 4. The number of nitrogens with one attached hydrogen (secondary N) is 2. The van der Waals surface area contributed by atoms with Crippen molar-refractivity contribution in [2.75, 3.05) is 18.4 Å². The third kappa shape index (κ3) is 4.84. The third-order valence-corrected chi connectivity index (χ3v) is 6.62. The largest absolute Gasteiger partial charge is 0.369 e. The van der Waals surface area contributed by atoms with Gasteiger partial charge in [0.1, 0.15) is 24.3 Å². The Kier molecular flexibility index (Phi) is 6.29. The predicted octanol–water partition coefficient (Wildman–Crippen LogP) is 3.34. The maximum absolute atomic E-state index is 12.6. The van der Waals surface area contributed by atoms with Crippen molar-refractivity contribution in [3.05, 3.63) is 84.7 Å². The van der Waals surface area contributed by atoms with E-state index in [1.165, 1.54) is 6.33 Å². The number of rotatable bonds is 8. The van der Waals surface area contributed by atoms with Crippen LogP contribution in [-0.4, -0.2) is 41.0 Å². The van der Waals surface area contributed by atoms with Gasteiger partial charge in [-0.05, 0) is 37.1 Å². The standard InChI is InChI=1S/C23H24N6O2S/c1-17-18(2)29(16-27-17)23-14-22(25-15-26-23)24-12-13-28-32(30,31)21-10-8-20(9-11-21)19-6-4-3-5-7-19/h3-11,14-16,28H,12-13H2,1-2H3,(H,24,25,26). The summed E-state index contributed by atoms with van der Waals surface area (Å²) in [5.74, 6) is 1.30. The molecule has 0 saturated heterocycles. The molecule has 0 fully saturated rings. The minimum absolute atomic E-state index is 0.214. The number of benzene rings is 2. The predicted molar refractivity (Wildman–Crippen MR) is 124 cm³/mol. The van der Waals surface area contributed by atoms with Crippen molar-refractivity contribution in [1.29, 1.82) is 0 Å². The van der Waals surface area contributed by atoms with Gasteiger partial charge in [0.25, 0.3) is 0 Å². The van der Waals surface area contributed by atoms with Crippen LogP contribution in [0.2, 0.25) is 0 Å². The molecule has 164 valence electrons. The van der Waals surface area contributed by atoms with Crippen LogP contribution in [0.15, 0.2) is 78.2 Å². The summed E-state index contributed by atoms with van der Waals surface area (Å²) >= 11 is 0. The van der Waals surface area contributed by atoms with Crippen LogP contribution in [0.5, 0.6) is 0 Å². The van der Waals surface area contributed by atoms with E-state index < -0.39 is 10.0 Å². The van der Waals surface area contributed by atoms with E-state index in [-0.39, 0.29) is 11.4 Å². The Morgan fingerprint density at radius 1 is 0.875 bits per heavy atom. The summed E-state index contributed by atoms with van der Waals surface area (Å²) < 4.78 is 29.7. The van der Waals surface area contributed by atoms with Gasteiger partial charge in [0.2, 0.25) is 10.0 Å². The van der Waals surface area contributed by atoms with E-state index in [2.05, 4.69) is 25.0 Å². The van der Waals surface area contributed by atoms with Crippen LogP contribution in [-0.2, 0) is 10.0 Å². The van der Waals surface area contributed by atoms with E-state index >= 15 is 0 Å². The molecule has 4 rings (SSSR count). The van der Waals surface area contributed by atoms with Crippen LogP contribution in [0.3, 0.4) is 0 Å². The van der Waals surface area contributed by atoms with Crippen molar-refractivity contribution in [3.63, 3.8) is 0 Å². The average Bonchev–Trinajstić information content (AvgIpc) is 3.16. The first-order chi connectivity index (χ1) is 15.4. The molecule has 0 aliphatic rings. The number of aryl methyl sites for hydroxylation is 1. The van der Waals surface area contributed by atoms with Crippen molar-refractivity contribution in [3.8, 4) is 16.9 Å². The van der Waals surface area contributed by atoms with E-state index in [1.807, 2.05) is 60.9 Å². The van der Waals surface area contributed by atoms with E-state index in [1.54, 1.807) is 24.5 Å². The zero-order valence-corrected chi connectivity index (χ0v) is 18.7. The van der Waals surface area contributed by atoms with Gasteiger partial charge in [-0.3, -0.25) is 4.57 Å². The number of hydrogen-bond acceptors (Lipinski definition) is 6. The molecule has 2 aromatic carbocycles. The zero-order chi connectivity index (χ0) is 22.6. The van der Waals surface area contributed by atoms with E-state index in [0.717, 1.165) is 22.5 Å². The van der Waals surface area contributed by atoms with Gasteiger partial charge in [0.05, 0.1) is 10.6 Å². The molecule has 2 N–H and O–H groups in total. The van der Waals surface area contributed by atoms with Crippen LogP contribution in [0, 0.1) is 13.8 Å². The third-order valence-electron chi connectivity index (χ3n) is 5.15. The zero-order valence-electron chi connectivity index (χ0n) is 17.9. The second-order valence-corrected chi connectivity index (χ2v) is 9.03. The Balaban J connectivity index is 1.34. The van der Waals surface area contributed by atoms with Gasteiger partial charge in [-0.1, -0.05) is 42.5 Å². The fourth-order valence-electron chi connectivity index (χ4n) is 3.22. The lowest BCUT2D eigenvalue weighted by Gasteiger charge is -2.10. The number of nitrogens with zero attached hydrogens (tertiary/aromatic N) is 4. The second-order valence-electron chi connectivity index (χ2n) is 7.26. The SMILES string of the molecule is Cc1ncn(-c2cc(NCCNS(=O)(=O)c3ccc(-c4ccccc4)cc3)ncn2)c1C. The Labute approximate surface area is 187 Å². The molecule has 0 unspecified atom stereocenters. The first kappa shape index (κ1) is 21.7. The first-order valence-electron chi connectivity index (χ1n) is 10.2. The highest BCUT2D eigenvalue weighted by atomic mass is 32.2. The van der Waals surface area contributed by atoms with E-state index in [9.17, 15) is 8.42 Å². The lowest BCUT2D eigenvalue weighted by Crippen LogP contribution is -2.29. The molecule has 0 spiro atoms. The van der Waals surface area contributed by atoms with E-state index in [4.69, 9.17) is 0 Å². The quantitative estimate of drug-likeness (QED) is 0.401. The van der Waals surface area contributed by atoms with Crippen LogP contribution in [0.4, 0.5) is 5.82 Å². The van der Waals surface area contributed by atoms with Gasteiger partial charge in [0.15, 0.2) is 0 Å². The Hall–Kier alpha value is -3.56. The minimum atomic E-state index is -3.60. The van der Waals surface area contributed by atoms with Gasteiger partial charge in [-0.2, -0.15) is 0 Å². The highest BCUT2D eigenvalue weighted by molar-refractivity contribution is 7.89. The van der Waals surface area contributed by atoms with Gasteiger partial charge < -0.3 is 5.32 Å². The number of hydrogen-bond donors (Lipinski definition) is 2. The number of anilines is 1. The molecule has 0 bridgehead atoms. The summed E-state index contributed by atoms with van der Waals surface area (Å²) in [7, 11) is -3.60. The molecule has 2 heterocycles. The van der Waals surface area contributed by atoms with Gasteiger partial charge in [-0.25, -0.2) is 28.1 Å². The van der Waals surface area contributed by atoms with Gasteiger partial charge in [0, 0.05) is 24.8 Å². The molecule has 0 aliphatic heterocycles. The van der Waals surface area contributed by atoms with Gasteiger partial charge >= 0.3 is 0 Å². The maximum atomic E-state index is 12.6. The molecular formula is C23H24N6O2S. The summed E-state index contributed by atoms with van der Waals surface area (Å²) in [4.78, 5) is 13.0. The van der Waals surface area contributed by atoms with Crippen molar-refractivity contribution >= 4 is 15.8 Å². The summed E-state index contributed by atoms with van der Waals surface area (Å²) in [5.41, 5.74) is 3.94. The monoisotopic (exact) mass is 448 g/mol. The van der Waals surface area contributed by atoms with Gasteiger partial charge in [-0.15, -0.1) is 0 Å². The molecule has 0 aliphatic carbocycles. The second kappa shape index (κ2) is 9.29. The fourth-order valence-corrected chi connectivity index (χ4v) is 4.25. The molecule has 32 heavy (non-hydrogen) atoms. The minimum Gasteiger partial charge on any atom is -0.369 e. The van der Waals surface area contributed by atoms with E-state index in [0.29, 0.717) is 18.2 Å². The van der Waals surface area contributed by atoms with Crippen LogP contribution in [0.1, 0.15) is 11.4 Å². The molecule has 2 aromatic heterocycles. The molecule has 9 heteroatoms. The topological polar surface area (TPSA) is 102 Å². The van der Waals surface area contributed by atoms with Crippen LogP contribution >= 0.6 is 0 Å². The highest BCUT2D eigenvalue weighted by Crippen LogP contribution is 2.21. The lowest BCUT2D eigenvalue weighted by atomic mass is 10.1. The number of imidazole rings is 1. The molecule has 0 saturated carbocycles. The molecule has 0 atom stereocenters. The highest BCUT2D eigenvalue weighted by Gasteiger charge is 2.13. The molecule has 8 nitrogen and oxygen atoms in total. The van der Waals surface area contributed by atoms with Crippen molar-refractivity contribution in [2.45, 2.75) is 18.7 Å². The van der Waals surface area contributed by atoms with Crippen LogP contribution < -0.4 is 10.0 Å². The molecular weight excluding hydrogens is 424 g/mol. The van der Waals surface area contributed by atoms with Crippen molar-refractivity contribution in [2.24, 2.45) is 0 Å². The summed E-state index contributed by atoms with van der Waals surface area (Å²) in [6.45, 7) is 4.50. The van der Waals surface area contributed by atoms with Crippen molar-refractivity contribution in [1.82, 2.24) is 24.2 Å². The Bertz CT molecular complexity index is 1300.